The van der Waals surface area contributed by atoms with Crippen LogP contribution in [-0.4, -0.2) is 14.1 Å². The maximum atomic E-state index is 11.6. The lowest BCUT2D eigenvalue weighted by Crippen LogP contribution is -2.22. The summed E-state index contributed by atoms with van der Waals surface area (Å²) in [5.74, 6) is 0. The Labute approximate surface area is 108 Å². The van der Waals surface area contributed by atoms with Crippen molar-refractivity contribution in [2.45, 2.75) is 19.8 Å². The van der Waals surface area contributed by atoms with Crippen LogP contribution < -0.4 is 4.72 Å². The van der Waals surface area contributed by atoms with E-state index in [4.69, 9.17) is 5.41 Å². The van der Waals surface area contributed by atoms with E-state index in [-0.39, 0.29) is 5.71 Å². The molecule has 1 aromatic carbocycles. The molecule has 0 aliphatic carbocycles. The molecule has 0 amide bonds. The molecule has 0 saturated carbocycles. The van der Waals surface area contributed by atoms with Gasteiger partial charge in [-0.1, -0.05) is 43.7 Å². The van der Waals surface area contributed by atoms with E-state index in [1.807, 2.05) is 37.3 Å². The van der Waals surface area contributed by atoms with E-state index in [0.29, 0.717) is 6.42 Å². The Balaban J connectivity index is 2.55. The normalized spacial score (nSPS) is 11.8. The van der Waals surface area contributed by atoms with Crippen LogP contribution >= 0.6 is 0 Å². The molecule has 0 unspecified atom stereocenters. The van der Waals surface area contributed by atoms with Crippen LogP contribution in [0.3, 0.4) is 0 Å². The summed E-state index contributed by atoms with van der Waals surface area (Å²) in [4.78, 5) is 0. The Kier molecular flexibility index (Phi) is 5.74. The van der Waals surface area contributed by atoms with Crippen molar-refractivity contribution in [1.29, 1.82) is 5.41 Å². The second-order valence-corrected chi connectivity index (χ2v) is 5.39. The van der Waals surface area contributed by atoms with Gasteiger partial charge in [0, 0.05) is 11.1 Å². The predicted molar refractivity (Wildman–Crippen MR) is 74.5 cm³/mol. The lowest BCUT2D eigenvalue weighted by molar-refractivity contribution is 0.598. The summed E-state index contributed by atoms with van der Waals surface area (Å²) in [6.45, 7) is 3.15. The summed E-state index contributed by atoms with van der Waals surface area (Å²) in [5.41, 5.74) is 1.08. The Morgan fingerprint density at radius 1 is 1.33 bits per heavy atom. The predicted octanol–water partition coefficient (Wildman–Crippen LogP) is 2.56. The zero-order valence-electron chi connectivity index (χ0n) is 10.3. The molecule has 0 aliphatic heterocycles. The number of nitrogens with one attached hydrogen (secondary N) is 2. The zero-order valence-corrected chi connectivity index (χ0v) is 11.1. The highest BCUT2D eigenvalue weighted by atomic mass is 32.2. The molecule has 1 rings (SSSR count). The lowest BCUT2D eigenvalue weighted by atomic mass is 10.2. The average Bonchev–Trinajstić information content (AvgIpc) is 2.36. The maximum Gasteiger partial charge on any atom is 0.234 e. The summed E-state index contributed by atoms with van der Waals surface area (Å²) < 4.78 is 25.4. The van der Waals surface area contributed by atoms with E-state index in [2.05, 4.69) is 4.72 Å². The fourth-order valence-corrected chi connectivity index (χ4v) is 1.99. The molecule has 0 aromatic heterocycles. The fourth-order valence-electron chi connectivity index (χ4n) is 1.27. The molecule has 4 nitrogen and oxygen atoms in total. The van der Waals surface area contributed by atoms with E-state index >= 15 is 0 Å². The summed E-state index contributed by atoms with van der Waals surface area (Å²) in [5, 5.41) is 8.55. The first-order chi connectivity index (χ1) is 8.53. The molecule has 1 radical (unpaired) electrons. The van der Waals surface area contributed by atoms with Crippen molar-refractivity contribution in [3.63, 3.8) is 0 Å². The van der Waals surface area contributed by atoms with Crippen LogP contribution in [0.1, 0.15) is 25.3 Å². The third-order valence-electron chi connectivity index (χ3n) is 2.16. The lowest BCUT2D eigenvalue weighted by Gasteiger charge is -2.02. The molecule has 97 valence electrons. The topological polar surface area (TPSA) is 70.0 Å². The summed E-state index contributed by atoms with van der Waals surface area (Å²) in [6, 6.07) is 9.17. The van der Waals surface area contributed by atoms with Crippen molar-refractivity contribution >= 4 is 21.8 Å². The third-order valence-corrected chi connectivity index (χ3v) is 3.10. The van der Waals surface area contributed by atoms with Crippen LogP contribution in [0.4, 0.5) is 0 Å². The van der Waals surface area contributed by atoms with Crippen LogP contribution in [-0.2, 0) is 10.0 Å². The molecule has 5 heteroatoms. The number of hydrogen-bond acceptors (Lipinski definition) is 3. The first-order valence-electron chi connectivity index (χ1n) is 5.69. The fraction of sp³-hybridized carbons (Fsp3) is 0.231. The van der Waals surface area contributed by atoms with Gasteiger partial charge in [-0.15, -0.1) is 0 Å². The highest BCUT2D eigenvalue weighted by Crippen LogP contribution is 2.03. The van der Waals surface area contributed by atoms with Crippen molar-refractivity contribution < 1.29 is 8.42 Å². The van der Waals surface area contributed by atoms with E-state index in [1.54, 1.807) is 0 Å². The molecule has 0 heterocycles. The molecule has 0 bridgehead atoms. The monoisotopic (exact) mass is 265 g/mol. The van der Waals surface area contributed by atoms with Gasteiger partial charge in [0.25, 0.3) is 0 Å². The van der Waals surface area contributed by atoms with Crippen LogP contribution in [0.25, 0.3) is 6.08 Å². The largest absolute Gasteiger partial charge is 0.308 e. The van der Waals surface area contributed by atoms with Gasteiger partial charge in [-0.3, -0.25) is 0 Å². The SMILES string of the molecule is CCCC(=N)[CH]NS(=O)(=O)C=Cc1ccccc1. The molecule has 18 heavy (non-hydrogen) atoms. The van der Waals surface area contributed by atoms with Crippen LogP contribution in [0.2, 0.25) is 0 Å². The van der Waals surface area contributed by atoms with Crippen molar-refractivity contribution in [3.05, 3.63) is 47.8 Å². The minimum atomic E-state index is -3.52. The highest BCUT2D eigenvalue weighted by Gasteiger charge is 2.06. The third kappa shape index (κ3) is 5.75. The summed E-state index contributed by atoms with van der Waals surface area (Å²) in [6.07, 6.45) is 2.89. The smallest absolute Gasteiger partial charge is 0.234 e. The van der Waals surface area contributed by atoms with Gasteiger partial charge in [-0.25, -0.2) is 13.1 Å². The van der Waals surface area contributed by atoms with Gasteiger partial charge >= 0.3 is 0 Å². The second kappa shape index (κ2) is 7.08. The molecule has 0 atom stereocenters. The molecule has 1 aromatic rings. The molecule has 0 aliphatic rings. The summed E-state index contributed by atoms with van der Waals surface area (Å²) >= 11 is 0. The second-order valence-electron chi connectivity index (χ2n) is 3.80. The molecule has 2 N–H and O–H groups in total. The van der Waals surface area contributed by atoms with Gasteiger partial charge < -0.3 is 5.41 Å². The standard InChI is InChI=1S/C13H17N2O2S/c1-2-6-13(14)11-15-18(16,17)10-9-12-7-4-3-5-8-12/h3-5,7-11,14-15H,2,6H2,1H3. The Morgan fingerprint density at radius 2 is 2.00 bits per heavy atom. The van der Waals surface area contributed by atoms with Crippen LogP contribution in [0, 0.1) is 12.0 Å². The number of sulfonamides is 1. The Hall–Kier alpha value is -1.46. The van der Waals surface area contributed by atoms with Gasteiger partial charge in [0.2, 0.25) is 10.0 Å². The molecule has 0 saturated heterocycles. The first-order valence-corrected chi connectivity index (χ1v) is 7.24. The van der Waals surface area contributed by atoms with Crippen molar-refractivity contribution in [1.82, 2.24) is 4.72 Å². The highest BCUT2D eigenvalue weighted by molar-refractivity contribution is 7.92. The quantitative estimate of drug-likeness (QED) is 0.744. The zero-order chi connectivity index (χ0) is 13.4. The van der Waals surface area contributed by atoms with Gasteiger partial charge in [0.05, 0.1) is 6.54 Å². The van der Waals surface area contributed by atoms with Gasteiger partial charge in [0.1, 0.15) is 0 Å². The Morgan fingerprint density at radius 3 is 2.61 bits per heavy atom. The number of benzene rings is 1. The van der Waals surface area contributed by atoms with Crippen molar-refractivity contribution in [2.24, 2.45) is 0 Å². The van der Waals surface area contributed by atoms with E-state index in [1.165, 1.54) is 12.6 Å². The molecular formula is C13H17N2O2S. The Bertz CT molecular complexity index is 507. The van der Waals surface area contributed by atoms with Gasteiger partial charge in [-0.05, 0) is 18.1 Å². The van der Waals surface area contributed by atoms with E-state index in [0.717, 1.165) is 17.4 Å². The minimum absolute atomic E-state index is 0.272. The molecule has 0 spiro atoms. The maximum absolute atomic E-state index is 11.6. The van der Waals surface area contributed by atoms with Gasteiger partial charge in [0.15, 0.2) is 0 Å². The number of hydrogen-bond donors (Lipinski definition) is 2. The van der Waals surface area contributed by atoms with Crippen LogP contribution in [0.5, 0.6) is 0 Å². The summed E-state index contributed by atoms with van der Waals surface area (Å²) in [7, 11) is -3.52. The van der Waals surface area contributed by atoms with E-state index in [9.17, 15) is 8.42 Å². The van der Waals surface area contributed by atoms with E-state index < -0.39 is 10.0 Å². The first kappa shape index (κ1) is 14.6. The van der Waals surface area contributed by atoms with Crippen molar-refractivity contribution in [2.75, 3.05) is 0 Å². The average molecular weight is 265 g/mol. The van der Waals surface area contributed by atoms with Crippen LogP contribution in [0.15, 0.2) is 35.7 Å². The minimum Gasteiger partial charge on any atom is -0.308 e. The van der Waals surface area contributed by atoms with Crippen molar-refractivity contribution in [3.8, 4) is 0 Å². The molecular weight excluding hydrogens is 248 g/mol. The van der Waals surface area contributed by atoms with Gasteiger partial charge in [-0.2, -0.15) is 0 Å². The molecule has 0 fully saturated rings. The number of rotatable bonds is 7.